The van der Waals surface area contributed by atoms with Crippen LogP contribution in [0.4, 0.5) is 0 Å². The number of phenols is 1. The molecule has 0 aliphatic rings. The van der Waals surface area contributed by atoms with Crippen molar-refractivity contribution in [1.29, 1.82) is 0 Å². The van der Waals surface area contributed by atoms with Gasteiger partial charge in [-0.2, -0.15) is 0 Å². The van der Waals surface area contributed by atoms with E-state index < -0.39 is 17.0 Å². The summed E-state index contributed by atoms with van der Waals surface area (Å²) in [6, 6.07) is 23.0. The molecule has 0 fully saturated rings. The summed E-state index contributed by atoms with van der Waals surface area (Å²) in [5.74, 6) is -0.363. The van der Waals surface area contributed by atoms with E-state index in [1.807, 2.05) is 48.5 Å². The minimum absolute atomic E-state index is 0.154. The Hall–Kier alpha value is -5.59. The van der Waals surface area contributed by atoms with Crippen molar-refractivity contribution in [1.82, 2.24) is 20.9 Å². The molecule has 0 bridgehead atoms. The van der Waals surface area contributed by atoms with Crippen molar-refractivity contribution in [3.63, 3.8) is 0 Å². The first-order valence-electron chi connectivity index (χ1n) is 14.1. The largest absolute Gasteiger partial charge is 0.508 e. The number of hydrogen-bond acceptors (Lipinski definition) is 6. The molecule has 0 aliphatic heterocycles. The maximum atomic E-state index is 13.2. The van der Waals surface area contributed by atoms with Gasteiger partial charge >= 0.3 is 0 Å². The van der Waals surface area contributed by atoms with Gasteiger partial charge < -0.3 is 36.5 Å². The lowest BCUT2D eigenvalue weighted by Gasteiger charge is -2.18. The van der Waals surface area contributed by atoms with Gasteiger partial charge in [0.15, 0.2) is 5.03 Å². The number of H-pyrrole nitrogens is 1. The van der Waals surface area contributed by atoms with E-state index in [1.54, 1.807) is 30.3 Å². The Balaban J connectivity index is 1.36. The van der Waals surface area contributed by atoms with Crippen LogP contribution in [0.25, 0.3) is 10.9 Å². The lowest BCUT2D eigenvalue weighted by molar-refractivity contribution is -0.485. The van der Waals surface area contributed by atoms with Crippen LogP contribution in [0.5, 0.6) is 11.5 Å². The predicted octanol–water partition coefficient (Wildman–Crippen LogP) is 2.83. The zero-order valence-electron chi connectivity index (χ0n) is 24.0. The summed E-state index contributed by atoms with van der Waals surface area (Å²) in [4.78, 5) is 39.9. The number of guanidine groups is 1. The molecule has 0 aliphatic carbocycles. The monoisotopic (exact) mass is 601 g/mol. The molecule has 44 heavy (non-hydrogen) atoms. The predicted molar refractivity (Wildman–Crippen MR) is 166 cm³/mol. The second kappa shape index (κ2) is 15.6. The maximum Gasteiger partial charge on any atom is 0.268 e. The minimum Gasteiger partial charge on any atom is -0.508 e. The first-order valence-corrected chi connectivity index (χ1v) is 14.1. The van der Waals surface area contributed by atoms with Crippen LogP contribution in [0.3, 0.4) is 0 Å². The van der Waals surface area contributed by atoms with Gasteiger partial charge in [-0.05, 0) is 66.8 Å². The molecule has 0 saturated carbocycles. The van der Waals surface area contributed by atoms with Gasteiger partial charge in [-0.3, -0.25) is 9.59 Å². The number of carbonyl (C=O) groups excluding carboxylic acids is 2. The Bertz CT molecular complexity index is 1590. The minimum atomic E-state index is -0.910. The van der Waals surface area contributed by atoms with Crippen LogP contribution in [-0.2, 0) is 17.6 Å². The Morgan fingerprint density at radius 1 is 0.977 bits per heavy atom. The summed E-state index contributed by atoms with van der Waals surface area (Å²) in [7, 11) is 0. The van der Waals surface area contributed by atoms with Gasteiger partial charge in [-0.25, -0.2) is 10.1 Å². The highest BCUT2D eigenvalue weighted by molar-refractivity contribution is 6.00. The van der Waals surface area contributed by atoms with Crippen LogP contribution in [0.15, 0.2) is 84.0 Å². The number of ether oxygens (including phenoxy) is 1. The molecule has 0 spiro atoms. The van der Waals surface area contributed by atoms with Crippen molar-refractivity contribution in [3.8, 4) is 11.5 Å². The summed E-state index contributed by atoms with van der Waals surface area (Å²) in [6.45, 7) is 1.03. The quantitative estimate of drug-likeness (QED) is 0.0393. The first kappa shape index (κ1) is 31.3. The Morgan fingerprint density at radius 2 is 1.73 bits per heavy atom. The van der Waals surface area contributed by atoms with Crippen molar-refractivity contribution < 1.29 is 24.5 Å². The molecule has 4 aromatic rings. The fourth-order valence-corrected chi connectivity index (χ4v) is 4.52. The zero-order chi connectivity index (χ0) is 31.3. The number of nitro groups is 1. The van der Waals surface area contributed by atoms with E-state index in [2.05, 4.69) is 26.0 Å². The summed E-state index contributed by atoms with van der Waals surface area (Å²) in [5.41, 5.74) is 8.58. The summed E-state index contributed by atoms with van der Waals surface area (Å²) < 4.78 is 5.91. The molecule has 1 aromatic heterocycles. The second-order valence-corrected chi connectivity index (χ2v) is 10.0. The van der Waals surface area contributed by atoms with Crippen molar-refractivity contribution in [2.45, 2.75) is 31.7 Å². The molecule has 3 aromatic carbocycles. The summed E-state index contributed by atoms with van der Waals surface area (Å²) >= 11 is 0. The molecule has 2 amide bonds. The molecule has 13 nitrogen and oxygen atoms in total. The van der Waals surface area contributed by atoms with Gasteiger partial charge in [0.25, 0.3) is 11.9 Å². The standard InChI is InChI=1S/C31H35N7O6/c32-31(37-38(42)43)34-16-4-7-27(29(40)33-17-14-22-8-10-24(39)11-9-22)36-30(41)28-20-23-19-25(12-13-26(23)35-28)44-18-15-21-5-2-1-3-6-21/h1-3,5-6,8-13,19-20,27,35,39H,4,7,14-18H2,(H,33,40)(H,36,41)(H3,32,34,37)/t27-/m1/s1. The average molecular weight is 602 g/mol. The highest BCUT2D eigenvalue weighted by atomic mass is 16.7. The van der Waals surface area contributed by atoms with Crippen LogP contribution in [-0.4, -0.2) is 58.6 Å². The van der Waals surface area contributed by atoms with Gasteiger partial charge in [-0.15, -0.1) is 0 Å². The number of nitrogens with two attached hydrogens (primary N) is 1. The number of nitrogens with one attached hydrogen (secondary N) is 4. The zero-order valence-corrected chi connectivity index (χ0v) is 24.0. The first-order chi connectivity index (χ1) is 21.3. The molecule has 230 valence electrons. The Labute approximate surface area is 253 Å². The number of fused-ring (bicyclic) bond motifs is 1. The molecular weight excluding hydrogens is 566 g/mol. The molecule has 0 saturated heterocycles. The van der Waals surface area contributed by atoms with Crippen molar-refractivity contribution in [2.75, 3.05) is 19.7 Å². The third-order valence-electron chi connectivity index (χ3n) is 6.78. The number of benzene rings is 3. The fourth-order valence-electron chi connectivity index (χ4n) is 4.52. The smallest absolute Gasteiger partial charge is 0.268 e. The van der Waals surface area contributed by atoms with E-state index in [4.69, 9.17) is 10.5 Å². The second-order valence-electron chi connectivity index (χ2n) is 10.0. The van der Waals surface area contributed by atoms with E-state index in [0.29, 0.717) is 31.7 Å². The molecule has 7 N–H and O–H groups in total. The summed E-state index contributed by atoms with van der Waals surface area (Å²) in [5, 5.41) is 31.0. The van der Waals surface area contributed by atoms with Gasteiger partial charge in [0.2, 0.25) is 5.91 Å². The highest BCUT2D eigenvalue weighted by Gasteiger charge is 2.22. The third-order valence-corrected chi connectivity index (χ3v) is 6.78. The number of aromatic amines is 1. The van der Waals surface area contributed by atoms with Gasteiger partial charge in [0.1, 0.15) is 28.3 Å². The van der Waals surface area contributed by atoms with E-state index in [9.17, 15) is 24.8 Å². The molecular formula is C31H35N7O6. The number of amides is 2. The molecule has 0 unspecified atom stereocenters. The van der Waals surface area contributed by atoms with E-state index in [1.165, 1.54) is 5.56 Å². The molecule has 1 atom stereocenters. The number of nitrogens with zero attached hydrogens (tertiary/aromatic N) is 2. The summed E-state index contributed by atoms with van der Waals surface area (Å²) in [6.07, 6.45) is 1.89. The van der Waals surface area contributed by atoms with Crippen LogP contribution in [0.2, 0.25) is 0 Å². The fraction of sp³-hybridized carbons (Fsp3) is 0.258. The molecule has 4 rings (SSSR count). The third kappa shape index (κ3) is 9.76. The van der Waals surface area contributed by atoms with E-state index in [0.717, 1.165) is 22.9 Å². The number of hydrogen-bond donors (Lipinski definition) is 6. The SMILES string of the molecule is N/C(=N/[N+](=O)[O-])NCCC[C@@H](NC(=O)c1cc2cc(OCCc3ccccc3)ccc2[nH]1)C(=O)NCCc1ccc(O)cc1. The normalized spacial score (nSPS) is 12.0. The van der Waals surface area contributed by atoms with Crippen LogP contribution >= 0.6 is 0 Å². The Kier molecular flexibility index (Phi) is 11.1. The number of phenolic OH excluding ortho intramolecular Hbond substituents is 1. The van der Waals surface area contributed by atoms with Crippen molar-refractivity contribution >= 4 is 28.7 Å². The topological polar surface area (TPSA) is 197 Å². The number of rotatable bonds is 15. The lowest BCUT2D eigenvalue weighted by Crippen LogP contribution is -2.47. The van der Waals surface area contributed by atoms with Crippen LogP contribution < -0.4 is 26.4 Å². The molecule has 1 heterocycles. The van der Waals surface area contributed by atoms with E-state index in [-0.39, 0.29) is 36.3 Å². The van der Waals surface area contributed by atoms with Crippen molar-refractivity contribution in [3.05, 3.63) is 106 Å². The van der Waals surface area contributed by atoms with Gasteiger partial charge in [0, 0.05) is 30.4 Å². The number of hydrazone groups is 1. The van der Waals surface area contributed by atoms with E-state index >= 15 is 0 Å². The van der Waals surface area contributed by atoms with Crippen LogP contribution in [0.1, 0.15) is 34.5 Å². The Morgan fingerprint density at radius 3 is 2.48 bits per heavy atom. The average Bonchev–Trinajstić information content (AvgIpc) is 3.43. The van der Waals surface area contributed by atoms with Gasteiger partial charge in [0.05, 0.1) is 6.61 Å². The molecule has 13 heteroatoms. The lowest BCUT2D eigenvalue weighted by atomic mass is 10.1. The highest BCUT2D eigenvalue weighted by Crippen LogP contribution is 2.22. The number of carbonyl (C=O) groups is 2. The van der Waals surface area contributed by atoms with Crippen LogP contribution in [0, 0.1) is 10.1 Å². The molecule has 0 radical (unpaired) electrons. The number of aromatic hydroxyl groups is 1. The maximum absolute atomic E-state index is 13.2. The van der Waals surface area contributed by atoms with Gasteiger partial charge in [-0.1, -0.05) is 42.5 Å². The van der Waals surface area contributed by atoms with Crippen molar-refractivity contribution in [2.24, 2.45) is 10.8 Å². The number of aromatic nitrogens is 1.